The van der Waals surface area contributed by atoms with E-state index >= 15 is 0 Å². The Labute approximate surface area is 267 Å². The van der Waals surface area contributed by atoms with Gasteiger partial charge in [-0.25, -0.2) is 16.8 Å². The van der Waals surface area contributed by atoms with E-state index in [9.17, 15) is 25.9 Å². The van der Waals surface area contributed by atoms with Gasteiger partial charge in [0.2, 0.25) is 0 Å². The fourth-order valence-corrected chi connectivity index (χ4v) is 5.75. The molecule has 0 amide bonds. The van der Waals surface area contributed by atoms with Gasteiger partial charge in [-0.15, -0.1) is 0 Å². The molecule has 0 aliphatic rings. The van der Waals surface area contributed by atoms with E-state index in [2.05, 4.69) is 0 Å². The van der Waals surface area contributed by atoms with Crippen LogP contribution in [0.1, 0.15) is 0 Å². The SMILES string of the molecule is O.O.O=S(=O)([O-])c1ccc(P(c2ccccc2)c2ccc(S(=O)(=O)[O-])cc2)cc1.[K+].[K+]. The quantitative estimate of drug-likeness (QED) is 0.178. The minimum atomic E-state index is -4.54. The van der Waals surface area contributed by atoms with Crippen LogP contribution in [0, 0.1) is 0 Å². The molecule has 156 valence electrons. The zero-order valence-corrected chi connectivity index (χ0v) is 25.5. The van der Waals surface area contributed by atoms with Crippen molar-refractivity contribution in [3.8, 4) is 0 Å². The van der Waals surface area contributed by atoms with Gasteiger partial charge in [0.15, 0.2) is 0 Å². The Kier molecular flexibility index (Phi) is 16.0. The van der Waals surface area contributed by atoms with Crippen LogP contribution in [-0.2, 0) is 20.2 Å². The van der Waals surface area contributed by atoms with Crippen molar-refractivity contribution in [1.82, 2.24) is 0 Å². The third-order valence-electron chi connectivity index (χ3n) is 3.78. The minimum absolute atomic E-state index is 0. The van der Waals surface area contributed by atoms with Gasteiger partial charge in [-0.05, 0) is 48.1 Å². The topological polar surface area (TPSA) is 177 Å². The summed E-state index contributed by atoms with van der Waals surface area (Å²) in [6, 6.07) is 20.7. The van der Waals surface area contributed by atoms with Gasteiger partial charge >= 0.3 is 103 Å². The molecule has 0 atom stereocenters. The molecule has 0 aliphatic heterocycles. The summed E-state index contributed by atoms with van der Waals surface area (Å²) in [6.45, 7) is 0. The Morgan fingerprint density at radius 1 is 0.516 bits per heavy atom. The number of hydrogen-bond donors (Lipinski definition) is 0. The second-order valence-corrected chi connectivity index (χ2v) is 10.5. The summed E-state index contributed by atoms with van der Waals surface area (Å²) in [7, 11) is -10.2. The van der Waals surface area contributed by atoms with Crippen LogP contribution in [0.4, 0.5) is 0 Å². The molecule has 3 rings (SSSR count). The zero-order chi connectivity index (χ0) is 19.7. The summed E-state index contributed by atoms with van der Waals surface area (Å²) in [5.74, 6) is 0. The molecule has 0 aliphatic carbocycles. The first-order chi connectivity index (χ1) is 12.7. The van der Waals surface area contributed by atoms with Gasteiger partial charge in [-0.3, -0.25) is 0 Å². The van der Waals surface area contributed by atoms with E-state index in [1.165, 1.54) is 24.3 Å². The monoisotopic (exact) mass is 534 g/mol. The Balaban J connectivity index is 0. The maximum absolute atomic E-state index is 11.1. The number of rotatable bonds is 5. The van der Waals surface area contributed by atoms with Crippen LogP contribution in [0.2, 0.25) is 0 Å². The van der Waals surface area contributed by atoms with Crippen LogP contribution in [0.3, 0.4) is 0 Å². The van der Waals surface area contributed by atoms with E-state index in [-0.39, 0.29) is 124 Å². The third kappa shape index (κ3) is 9.34. The molecule has 0 unspecified atom stereocenters. The molecular formula is C18H17K2O8PS2. The molecule has 4 N–H and O–H groups in total. The standard InChI is InChI=1S/C18H15O6PS2.2K.2H2O/c19-26(20,21)17-10-6-15(7-11-17)25(14-4-2-1-3-5-14)16-8-12-18(13-9-16)27(22,23)24;;;;/h1-13H,(H,19,20,21)(H,22,23,24);;;2*1H2/q;2*+1;;/p-2. The predicted octanol–water partition coefficient (Wildman–Crippen LogP) is -6.39. The van der Waals surface area contributed by atoms with E-state index in [4.69, 9.17) is 0 Å². The van der Waals surface area contributed by atoms with Gasteiger partial charge in [0.05, 0.1) is 9.79 Å². The van der Waals surface area contributed by atoms with Crippen LogP contribution in [0.25, 0.3) is 0 Å². The molecule has 31 heavy (non-hydrogen) atoms. The van der Waals surface area contributed by atoms with Crippen molar-refractivity contribution in [2.45, 2.75) is 9.79 Å². The van der Waals surface area contributed by atoms with Crippen LogP contribution in [-0.4, -0.2) is 36.9 Å². The molecule has 0 saturated heterocycles. The van der Waals surface area contributed by atoms with Crippen molar-refractivity contribution in [2.24, 2.45) is 0 Å². The summed E-state index contributed by atoms with van der Waals surface area (Å²) in [6.07, 6.45) is 0. The van der Waals surface area contributed by atoms with E-state index in [0.29, 0.717) is 0 Å². The second-order valence-electron chi connectivity index (χ2n) is 5.57. The summed E-state index contributed by atoms with van der Waals surface area (Å²) < 4.78 is 66.9. The normalized spacial score (nSPS) is 10.7. The summed E-state index contributed by atoms with van der Waals surface area (Å²) in [5.41, 5.74) is 0. The number of hydrogen-bond acceptors (Lipinski definition) is 6. The third-order valence-corrected chi connectivity index (χ3v) is 7.92. The molecule has 0 spiro atoms. The largest absolute Gasteiger partial charge is 1.00 e. The average molecular weight is 535 g/mol. The van der Waals surface area contributed by atoms with E-state index < -0.39 is 28.2 Å². The second kappa shape index (κ2) is 14.5. The first-order valence-corrected chi connectivity index (χ1v) is 11.8. The molecule has 0 aromatic heterocycles. The van der Waals surface area contributed by atoms with Gasteiger partial charge in [0, 0.05) is 0 Å². The van der Waals surface area contributed by atoms with Crippen molar-refractivity contribution in [3.63, 3.8) is 0 Å². The Morgan fingerprint density at radius 2 is 0.806 bits per heavy atom. The van der Waals surface area contributed by atoms with Gasteiger partial charge in [0.1, 0.15) is 20.2 Å². The first kappa shape index (κ1) is 34.3. The summed E-state index contributed by atoms with van der Waals surface area (Å²) in [5, 5.41) is 2.51. The van der Waals surface area contributed by atoms with E-state index in [1.54, 1.807) is 24.3 Å². The van der Waals surface area contributed by atoms with Crippen LogP contribution >= 0.6 is 7.92 Å². The minimum Gasteiger partial charge on any atom is -0.744 e. The van der Waals surface area contributed by atoms with Crippen molar-refractivity contribution in [1.29, 1.82) is 0 Å². The number of benzene rings is 3. The molecule has 13 heteroatoms. The first-order valence-electron chi connectivity index (χ1n) is 7.63. The molecular weight excluding hydrogens is 517 g/mol. The summed E-state index contributed by atoms with van der Waals surface area (Å²) >= 11 is 0. The molecule has 0 heterocycles. The van der Waals surface area contributed by atoms with Gasteiger partial charge in [0.25, 0.3) is 0 Å². The van der Waals surface area contributed by atoms with Gasteiger partial charge < -0.3 is 20.1 Å². The van der Waals surface area contributed by atoms with Crippen LogP contribution in [0.15, 0.2) is 88.7 Å². The van der Waals surface area contributed by atoms with Crippen molar-refractivity contribution < 1.29 is 140 Å². The Bertz CT molecular complexity index is 1080. The molecule has 8 nitrogen and oxygen atoms in total. The molecule has 0 fully saturated rings. The van der Waals surface area contributed by atoms with Gasteiger partial charge in [-0.2, -0.15) is 0 Å². The maximum Gasteiger partial charge on any atom is 1.00 e. The predicted molar refractivity (Wildman–Crippen MR) is 108 cm³/mol. The van der Waals surface area contributed by atoms with Crippen molar-refractivity contribution >= 4 is 44.1 Å². The van der Waals surface area contributed by atoms with E-state index in [0.717, 1.165) is 15.9 Å². The average Bonchev–Trinajstić information content (AvgIpc) is 2.62. The zero-order valence-electron chi connectivity index (χ0n) is 16.7. The fraction of sp³-hybridized carbons (Fsp3) is 0. The molecule has 0 radical (unpaired) electrons. The Hall–Kier alpha value is 1.10. The fourth-order valence-electron chi connectivity index (χ4n) is 2.55. The smallest absolute Gasteiger partial charge is 0.744 e. The Morgan fingerprint density at radius 3 is 1.10 bits per heavy atom. The van der Waals surface area contributed by atoms with Crippen LogP contribution in [0.5, 0.6) is 0 Å². The van der Waals surface area contributed by atoms with Crippen LogP contribution < -0.4 is 119 Å². The van der Waals surface area contributed by atoms with Gasteiger partial charge in [-0.1, -0.05) is 54.6 Å². The summed E-state index contributed by atoms with van der Waals surface area (Å²) in [4.78, 5) is -0.635. The maximum atomic E-state index is 11.1. The van der Waals surface area contributed by atoms with Crippen molar-refractivity contribution in [3.05, 3.63) is 78.9 Å². The molecule has 3 aromatic rings. The molecule has 0 bridgehead atoms. The van der Waals surface area contributed by atoms with E-state index in [1.807, 2.05) is 30.3 Å². The molecule has 0 saturated carbocycles. The molecule has 3 aromatic carbocycles. The van der Waals surface area contributed by atoms with Crippen molar-refractivity contribution in [2.75, 3.05) is 0 Å².